The zero-order valence-electron chi connectivity index (χ0n) is 11.9. The van der Waals surface area contributed by atoms with Crippen molar-refractivity contribution in [2.24, 2.45) is 5.92 Å². The van der Waals surface area contributed by atoms with Crippen LogP contribution in [-0.2, 0) is 10.0 Å². The highest BCUT2D eigenvalue weighted by Gasteiger charge is 2.26. The quantitative estimate of drug-likeness (QED) is 0.834. The molecule has 1 saturated carbocycles. The van der Waals surface area contributed by atoms with Gasteiger partial charge in [-0.05, 0) is 49.8 Å². The standard InChI is InChI=1S/C14H22N2O3S/c1-10-3-6-12(7-4-10)16-20(17,18)14-9-11(15)5-8-13(14)19-2/h5,8-10,12,16H,3-4,6-7,15H2,1-2H3. The molecule has 0 saturated heterocycles. The third kappa shape index (κ3) is 3.43. The number of benzene rings is 1. The van der Waals surface area contributed by atoms with Crippen molar-refractivity contribution in [1.29, 1.82) is 0 Å². The second-order valence-electron chi connectivity index (χ2n) is 5.49. The number of anilines is 1. The molecule has 0 bridgehead atoms. The van der Waals surface area contributed by atoms with E-state index >= 15 is 0 Å². The number of methoxy groups -OCH3 is 1. The van der Waals surface area contributed by atoms with Crippen molar-refractivity contribution in [1.82, 2.24) is 4.72 Å². The topological polar surface area (TPSA) is 81.4 Å². The van der Waals surface area contributed by atoms with Gasteiger partial charge in [0.25, 0.3) is 0 Å². The molecule has 2 rings (SSSR count). The van der Waals surface area contributed by atoms with E-state index in [4.69, 9.17) is 10.5 Å². The van der Waals surface area contributed by atoms with Gasteiger partial charge in [-0.15, -0.1) is 0 Å². The van der Waals surface area contributed by atoms with Crippen LogP contribution >= 0.6 is 0 Å². The molecular formula is C14H22N2O3S. The smallest absolute Gasteiger partial charge is 0.244 e. The number of sulfonamides is 1. The highest BCUT2D eigenvalue weighted by Crippen LogP contribution is 2.28. The summed E-state index contributed by atoms with van der Waals surface area (Å²) < 4.78 is 32.8. The van der Waals surface area contributed by atoms with Gasteiger partial charge in [0.05, 0.1) is 7.11 Å². The number of nitrogen functional groups attached to an aromatic ring is 1. The normalized spacial score (nSPS) is 23.5. The largest absolute Gasteiger partial charge is 0.495 e. The van der Waals surface area contributed by atoms with E-state index in [2.05, 4.69) is 11.6 Å². The maximum atomic E-state index is 12.5. The highest BCUT2D eigenvalue weighted by atomic mass is 32.2. The predicted molar refractivity (Wildman–Crippen MR) is 79.1 cm³/mol. The van der Waals surface area contributed by atoms with E-state index < -0.39 is 10.0 Å². The molecule has 0 aliphatic heterocycles. The zero-order valence-corrected chi connectivity index (χ0v) is 12.7. The molecule has 6 heteroatoms. The van der Waals surface area contributed by atoms with Crippen LogP contribution in [0, 0.1) is 5.92 Å². The summed E-state index contributed by atoms with van der Waals surface area (Å²) in [7, 11) is -2.15. The molecule has 1 aliphatic carbocycles. The Balaban J connectivity index is 2.20. The van der Waals surface area contributed by atoms with E-state index in [-0.39, 0.29) is 10.9 Å². The van der Waals surface area contributed by atoms with E-state index in [1.807, 2.05) is 0 Å². The molecule has 1 aliphatic rings. The first kappa shape index (κ1) is 15.1. The fraction of sp³-hybridized carbons (Fsp3) is 0.571. The van der Waals surface area contributed by atoms with E-state index in [0.717, 1.165) is 25.7 Å². The van der Waals surface area contributed by atoms with Gasteiger partial charge in [-0.3, -0.25) is 0 Å². The lowest BCUT2D eigenvalue weighted by Crippen LogP contribution is -2.37. The van der Waals surface area contributed by atoms with Crippen LogP contribution in [-0.4, -0.2) is 21.6 Å². The van der Waals surface area contributed by atoms with Gasteiger partial charge in [-0.25, -0.2) is 13.1 Å². The minimum absolute atomic E-state index is 0.00216. The van der Waals surface area contributed by atoms with Gasteiger partial charge >= 0.3 is 0 Å². The van der Waals surface area contributed by atoms with Crippen LogP contribution < -0.4 is 15.2 Å². The fourth-order valence-electron chi connectivity index (χ4n) is 2.56. The lowest BCUT2D eigenvalue weighted by atomic mass is 9.88. The van der Waals surface area contributed by atoms with Crippen molar-refractivity contribution in [3.8, 4) is 5.75 Å². The van der Waals surface area contributed by atoms with Gasteiger partial charge in [0.1, 0.15) is 10.6 Å². The van der Waals surface area contributed by atoms with Crippen molar-refractivity contribution in [3.63, 3.8) is 0 Å². The first-order valence-electron chi connectivity index (χ1n) is 6.88. The van der Waals surface area contributed by atoms with E-state index in [1.165, 1.54) is 13.2 Å². The van der Waals surface area contributed by atoms with Crippen LogP contribution in [0.3, 0.4) is 0 Å². The Labute approximate surface area is 120 Å². The first-order valence-corrected chi connectivity index (χ1v) is 8.36. The zero-order chi connectivity index (χ0) is 14.8. The molecule has 0 atom stereocenters. The second kappa shape index (κ2) is 6.01. The Morgan fingerprint density at radius 3 is 2.50 bits per heavy atom. The minimum atomic E-state index is -3.60. The molecule has 5 nitrogen and oxygen atoms in total. The van der Waals surface area contributed by atoms with Gasteiger partial charge in [0.2, 0.25) is 10.0 Å². The summed E-state index contributed by atoms with van der Waals surface area (Å²) >= 11 is 0. The third-order valence-electron chi connectivity index (χ3n) is 3.81. The molecule has 0 heterocycles. The average molecular weight is 298 g/mol. The van der Waals surface area contributed by atoms with E-state index in [9.17, 15) is 8.42 Å². The fourth-order valence-corrected chi connectivity index (χ4v) is 4.07. The van der Waals surface area contributed by atoms with Crippen molar-refractivity contribution in [3.05, 3.63) is 18.2 Å². The van der Waals surface area contributed by atoms with Crippen LogP contribution in [0.2, 0.25) is 0 Å². The monoisotopic (exact) mass is 298 g/mol. The number of nitrogens with two attached hydrogens (primary N) is 1. The second-order valence-corrected chi connectivity index (χ2v) is 7.17. The average Bonchev–Trinajstić information content (AvgIpc) is 2.41. The van der Waals surface area contributed by atoms with Crippen LogP contribution in [0.15, 0.2) is 23.1 Å². The lowest BCUT2D eigenvalue weighted by molar-refractivity contribution is 0.331. The summed E-state index contributed by atoms with van der Waals surface area (Å²) in [6.07, 6.45) is 3.87. The molecule has 0 spiro atoms. The first-order chi connectivity index (χ1) is 9.42. The summed E-state index contributed by atoms with van der Waals surface area (Å²) in [5.41, 5.74) is 6.09. The number of hydrogen-bond acceptors (Lipinski definition) is 4. The van der Waals surface area contributed by atoms with Crippen molar-refractivity contribution in [2.45, 2.75) is 43.5 Å². The Morgan fingerprint density at radius 1 is 1.25 bits per heavy atom. The minimum Gasteiger partial charge on any atom is -0.495 e. The Kier molecular flexibility index (Phi) is 4.55. The van der Waals surface area contributed by atoms with Gasteiger partial charge in [0, 0.05) is 11.7 Å². The molecule has 0 radical (unpaired) electrons. The van der Waals surface area contributed by atoms with Crippen molar-refractivity contribution in [2.75, 3.05) is 12.8 Å². The summed E-state index contributed by atoms with van der Waals surface area (Å²) in [5, 5.41) is 0. The Hall–Kier alpha value is -1.27. The van der Waals surface area contributed by atoms with Crippen LogP contribution in [0.1, 0.15) is 32.6 Å². The number of ether oxygens (including phenoxy) is 1. The van der Waals surface area contributed by atoms with Crippen molar-refractivity contribution < 1.29 is 13.2 Å². The summed E-state index contributed by atoms with van der Waals surface area (Å²) in [6, 6.07) is 4.64. The van der Waals surface area contributed by atoms with Gasteiger partial charge in [-0.2, -0.15) is 0 Å². The summed E-state index contributed by atoms with van der Waals surface area (Å²) in [5.74, 6) is 0.994. The Morgan fingerprint density at radius 2 is 1.90 bits per heavy atom. The number of hydrogen-bond donors (Lipinski definition) is 2. The molecule has 0 aromatic heterocycles. The number of nitrogens with one attached hydrogen (secondary N) is 1. The SMILES string of the molecule is COc1ccc(N)cc1S(=O)(=O)NC1CCC(C)CC1. The maximum absolute atomic E-state index is 12.5. The molecule has 1 aromatic carbocycles. The molecule has 3 N–H and O–H groups in total. The van der Waals surface area contributed by atoms with E-state index in [1.54, 1.807) is 12.1 Å². The molecule has 0 unspecified atom stereocenters. The van der Waals surface area contributed by atoms with Crippen LogP contribution in [0.4, 0.5) is 5.69 Å². The number of rotatable bonds is 4. The lowest BCUT2D eigenvalue weighted by Gasteiger charge is -2.27. The summed E-state index contributed by atoms with van der Waals surface area (Å²) in [4.78, 5) is 0.110. The molecule has 112 valence electrons. The molecular weight excluding hydrogens is 276 g/mol. The highest BCUT2D eigenvalue weighted by molar-refractivity contribution is 7.89. The predicted octanol–water partition coefficient (Wildman–Crippen LogP) is 2.13. The van der Waals surface area contributed by atoms with E-state index in [0.29, 0.717) is 17.4 Å². The molecule has 0 amide bonds. The summed E-state index contributed by atoms with van der Waals surface area (Å²) in [6.45, 7) is 2.20. The van der Waals surface area contributed by atoms with Gasteiger partial charge in [-0.1, -0.05) is 6.92 Å². The van der Waals surface area contributed by atoms with Gasteiger partial charge < -0.3 is 10.5 Å². The van der Waals surface area contributed by atoms with Crippen molar-refractivity contribution >= 4 is 15.7 Å². The molecule has 1 fully saturated rings. The van der Waals surface area contributed by atoms with Gasteiger partial charge in [0.15, 0.2) is 0 Å². The Bertz CT molecular complexity index is 564. The molecule has 20 heavy (non-hydrogen) atoms. The van der Waals surface area contributed by atoms with Crippen LogP contribution in [0.25, 0.3) is 0 Å². The maximum Gasteiger partial charge on any atom is 0.244 e. The molecule has 1 aromatic rings. The third-order valence-corrected chi connectivity index (χ3v) is 5.36. The van der Waals surface area contributed by atoms with Crippen LogP contribution in [0.5, 0.6) is 5.75 Å².